The van der Waals surface area contributed by atoms with Crippen molar-refractivity contribution in [2.75, 3.05) is 11.5 Å². The predicted molar refractivity (Wildman–Crippen MR) is 59.3 cm³/mol. The van der Waals surface area contributed by atoms with Crippen molar-refractivity contribution in [1.29, 1.82) is 0 Å². The Kier molecular flexibility index (Phi) is 3.02. The molecule has 1 amide bonds. The molecule has 1 saturated heterocycles. The second-order valence-electron chi connectivity index (χ2n) is 4.40. The monoisotopic (exact) mass is 214 g/mol. The highest BCUT2D eigenvalue weighted by molar-refractivity contribution is 7.99. The maximum Gasteiger partial charge on any atom is 0.240 e. The first-order valence-electron chi connectivity index (χ1n) is 5.38. The van der Waals surface area contributed by atoms with Crippen molar-refractivity contribution < 1.29 is 4.79 Å². The largest absolute Gasteiger partial charge is 0.351 e. The molecule has 3 N–H and O–H groups in total. The molecular weight excluding hydrogens is 196 g/mol. The van der Waals surface area contributed by atoms with Crippen LogP contribution in [0.5, 0.6) is 0 Å². The van der Waals surface area contributed by atoms with Gasteiger partial charge < -0.3 is 11.1 Å². The van der Waals surface area contributed by atoms with E-state index in [1.807, 2.05) is 11.8 Å². The molecule has 0 aromatic rings. The van der Waals surface area contributed by atoms with Gasteiger partial charge in [-0.1, -0.05) is 12.8 Å². The summed E-state index contributed by atoms with van der Waals surface area (Å²) in [6.45, 7) is 0. The van der Waals surface area contributed by atoms with Gasteiger partial charge >= 0.3 is 0 Å². The van der Waals surface area contributed by atoms with E-state index in [2.05, 4.69) is 5.32 Å². The van der Waals surface area contributed by atoms with Gasteiger partial charge in [0.05, 0.1) is 5.54 Å². The summed E-state index contributed by atoms with van der Waals surface area (Å²) in [4.78, 5) is 11.9. The third kappa shape index (κ3) is 2.06. The molecule has 1 unspecified atom stereocenters. The summed E-state index contributed by atoms with van der Waals surface area (Å²) in [5.41, 5.74) is 5.51. The third-order valence-corrected chi connectivity index (χ3v) is 4.38. The van der Waals surface area contributed by atoms with Gasteiger partial charge in [-0.2, -0.15) is 11.8 Å². The first-order valence-corrected chi connectivity index (χ1v) is 6.54. The van der Waals surface area contributed by atoms with Gasteiger partial charge in [-0.05, 0) is 25.0 Å². The van der Waals surface area contributed by atoms with Gasteiger partial charge in [0.2, 0.25) is 5.91 Å². The standard InChI is InChI=1S/C10H18N2OS/c11-10(4-1-2-5-10)9(13)12-8-3-6-14-7-8/h8H,1-7,11H2,(H,12,13). The van der Waals surface area contributed by atoms with Gasteiger partial charge in [0.15, 0.2) is 0 Å². The summed E-state index contributed by atoms with van der Waals surface area (Å²) in [6.07, 6.45) is 5.02. The smallest absolute Gasteiger partial charge is 0.240 e. The lowest BCUT2D eigenvalue weighted by molar-refractivity contribution is -0.126. The molecule has 0 aromatic heterocycles. The molecular formula is C10H18N2OS. The Morgan fingerprint density at radius 3 is 2.71 bits per heavy atom. The van der Waals surface area contributed by atoms with E-state index < -0.39 is 5.54 Å². The van der Waals surface area contributed by atoms with Gasteiger partial charge in [-0.3, -0.25) is 4.79 Å². The Labute approximate surface area is 89.2 Å². The maximum atomic E-state index is 11.9. The van der Waals surface area contributed by atoms with Crippen molar-refractivity contribution >= 4 is 17.7 Å². The van der Waals surface area contributed by atoms with Gasteiger partial charge in [0.1, 0.15) is 0 Å². The quantitative estimate of drug-likeness (QED) is 0.717. The van der Waals surface area contributed by atoms with Crippen LogP contribution in [0.3, 0.4) is 0 Å². The van der Waals surface area contributed by atoms with Crippen LogP contribution in [-0.4, -0.2) is 29.0 Å². The molecule has 1 atom stereocenters. The lowest BCUT2D eigenvalue weighted by Crippen LogP contribution is -2.54. The fraction of sp³-hybridized carbons (Fsp3) is 0.900. The van der Waals surface area contributed by atoms with Crippen molar-refractivity contribution in [2.45, 2.75) is 43.7 Å². The van der Waals surface area contributed by atoms with E-state index in [0.29, 0.717) is 6.04 Å². The first kappa shape index (κ1) is 10.3. The zero-order chi connectivity index (χ0) is 10.0. The Balaban J connectivity index is 1.87. The zero-order valence-corrected chi connectivity index (χ0v) is 9.24. The Morgan fingerprint density at radius 2 is 2.14 bits per heavy atom. The molecule has 4 heteroatoms. The molecule has 0 radical (unpaired) electrons. The van der Waals surface area contributed by atoms with E-state index in [-0.39, 0.29) is 5.91 Å². The summed E-state index contributed by atoms with van der Waals surface area (Å²) < 4.78 is 0. The number of carbonyl (C=O) groups excluding carboxylic acids is 1. The lowest BCUT2D eigenvalue weighted by atomic mass is 9.97. The van der Waals surface area contributed by atoms with Crippen molar-refractivity contribution in [1.82, 2.24) is 5.32 Å². The highest BCUT2D eigenvalue weighted by Crippen LogP contribution is 2.28. The van der Waals surface area contributed by atoms with E-state index in [4.69, 9.17) is 5.73 Å². The molecule has 3 nitrogen and oxygen atoms in total. The highest BCUT2D eigenvalue weighted by atomic mass is 32.2. The van der Waals surface area contributed by atoms with Gasteiger partial charge in [-0.25, -0.2) is 0 Å². The Morgan fingerprint density at radius 1 is 1.43 bits per heavy atom. The molecule has 14 heavy (non-hydrogen) atoms. The van der Waals surface area contributed by atoms with E-state index in [1.54, 1.807) is 0 Å². The van der Waals surface area contributed by atoms with Crippen molar-refractivity contribution in [3.63, 3.8) is 0 Å². The van der Waals surface area contributed by atoms with Crippen molar-refractivity contribution in [3.8, 4) is 0 Å². The molecule has 0 bridgehead atoms. The third-order valence-electron chi connectivity index (χ3n) is 3.21. The minimum Gasteiger partial charge on any atom is -0.351 e. The van der Waals surface area contributed by atoms with E-state index in [9.17, 15) is 4.79 Å². The maximum absolute atomic E-state index is 11.9. The Hall–Kier alpha value is -0.220. The summed E-state index contributed by atoms with van der Waals surface area (Å²) in [5.74, 6) is 2.31. The molecule has 0 spiro atoms. The minimum absolute atomic E-state index is 0.0856. The van der Waals surface area contributed by atoms with E-state index in [0.717, 1.165) is 37.9 Å². The molecule has 1 heterocycles. The number of carbonyl (C=O) groups is 1. The number of thioether (sulfide) groups is 1. The molecule has 0 aromatic carbocycles. The molecule has 1 aliphatic heterocycles. The topological polar surface area (TPSA) is 55.1 Å². The van der Waals surface area contributed by atoms with Crippen LogP contribution in [0.4, 0.5) is 0 Å². The van der Waals surface area contributed by atoms with Crippen LogP contribution in [0.25, 0.3) is 0 Å². The predicted octanol–water partition coefficient (Wildman–Crippen LogP) is 0.880. The molecule has 80 valence electrons. The molecule has 2 aliphatic rings. The normalized spacial score (nSPS) is 30.5. The second kappa shape index (κ2) is 4.11. The number of rotatable bonds is 2. The summed E-state index contributed by atoms with van der Waals surface area (Å²) in [5, 5.41) is 3.08. The van der Waals surface area contributed by atoms with Gasteiger partial charge in [0.25, 0.3) is 0 Å². The average Bonchev–Trinajstić information content (AvgIpc) is 2.76. The van der Waals surface area contributed by atoms with Crippen molar-refractivity contribution in [2.24, 2.45) is 5.73 Å². The Bertz CT molecular complexity index is 220. The van der Waals surface area contributed by atoms with Gasteiger partial charge in [0, 0.05) is 11.8 Å². The lowest BCUT2D eigenvalue weighted by Gasteiger charge is -2.24. The summed E-state index contributed by atoms with van der Waals surface area (Å²) in [6, 6.07) is 0.369. The number of hydrogen-bond acceptors (Lipinski definition) is 3. The van der Waals surface area contributed by atoms with Crippen LogP contribution >= 0.6 is 11.8 Å². The molecule has 1 aliphatic carbocycles. The fourth-order valence-corrected chi connectivity index (χ4v) is 3.36. The van der Waals surface area contributed by atoms with Crippen LogP contribution in [0, 0.1) is 0 Å². The van der Waals surface area contributed by atoms with Crippen molar-refractivity contribution in [3.05, 3.63) is 0 Å². The van der Waals surface area contributed by atoms with E-state index >= 15 is 0 Å². The number of nitrogens with two attached hydrogens (primary N) is 1. The summed E-state index contributed by atoms with van der Waals surface area (Å²) >= 11 is 1.91. The van der Waals surface area contributed by atoms with Crippen LogP contribution in [-0.2, 0) is 4.79 Å². The molecule has 2 rings (SSSR count). The minimum atomic E-state index is -0.548. The fourth-order valence-electron chi connectivity index (χ4n) is 2.21. The second-order valence-corrected chi connectivity index (χ2v) is 5.55. The molecule has 1 saturated carbocycles. The van der Waals surface area contributed by atoms with Gasteiger partial charge in [-0.15, -0.1) is 0 Å². The number of hydrogen-bond donors (Lipinski definition) is 2. The highest BCUT2D eigenvalue weighted by Gasteiger charge is 2.38. The first-order chi connectivity index (χ1) is 6.71. The zero-order valence-electron chi connectivity index (χ0n) is 8.42. The molecule has 2 fully saturated rings. The average molecular weight is 214 g/mol. The number of amides is 1. The van der Waals surface area contributed by atoms with Crippen LogP contribution in [0.1, 0.15) is 32.1 Å². The van der Waals surface area contributed by atoms with Crippen LogP contribution < -0.4 is 11.1 Å². The van der Waals surface area contributed by atoms with Crippen LogP contribution in [0.15, 0.2) is 0 Å². The van der Waals surface area contributed by atoms with E-state index in [1.165, 1.54) is 5.75 Å². The number of nitrogens with one attached hydrogen (secondary N) is 1. The SMILES string of the molecule is NC1(C(=O)NC2CCSC2)CCCC1. The summed E-state index contributed by atoms with van der Waals surface area (Å²) in [7, 11) is 0. The van der Waals surface area contributed by atoms with Crippen LogP contribution in [0.2, 0.25) is 0 Å².